The average molecular weight is 238 g/mol. The van der Waals surface area contributed by atoms with E-state index < -0.39 is 12.2 Å². The SMILES string of the molecule is Nc1ncnc2[nH]cc(C(O)C(O)CCO)c12. The van der Waals surface area contributed by atoms with E-state index in [4.69, 9.17) is 10.8 Å². The van der Waals surface area contributed by atoms with Crippen molar-refractivity contribution in [3.8, 4) is 0 Å². The molecule has 0 aliphatic heterocycles. The van der Waals surface area contributed by atoms with Crippen molar-refractivity contribution < 1.29 is 15.3 Å². The van der Waals surface area contributed by atoms with Crippen molar-refractivity contribution in [3.63, 3.8) is 0 Å². The molecule has 2 atom stereocenters. The number of aromatic nitrogens is 3. The van der Waals surface area contributed by atoms with Crippen LogP contribution >= 0.6 is 0 Å². The maximum absolute atomic E-state index is 9.94. The molecule has 7 nitrogen and oxygen atoms in total. The van der Waals surface area contributed by atoms with Crippen molar-refractivity contribution >= 4 is 16.9 Å². The van der Waals surface area contributed by atoms with Crippen LogP contribution in [-0.4, -0.2) is 43.0 Å². The van der Waals surface area contributed by atoms with E-state index >= 15 is 0 Å². The second-order valence-corrected chi connectivity index (χ2v) is 3.75. The molecule has 0 amide bonds. The standard InChI is InChI=1S/C10H14N4O3/c11-9-7-5(8(17)6(16)1-2-15)3-12-10(7)14-4-13-9/h3-4,6,8,15-17H,1-2H2,(H3,11,12,13,14). The summed E-state index contributed by atoms with van der Waals surface area (Å²) in [5.74, 6) is 0.237. The first-order valence-electron chi connectivity index (χ1n) is 5.19. The highest BCUT2D eigenvalue weighted by molar-refractivity contribution is 5.89. The molecule has 0 bridgehead atoms. The second kappa shape index (κ2) is 4.66. The molecule has 0 aliphatic carbocycles. The molecule has 17 heavy (non-hydrogen) atoms. The van der Waals surface area contributed by atoms with Gasteiger partial charge in [-0.25, -0.2) is 9.97 Å². The first-order chi connectivity index (χ1) is 8.15. The minimum atomic E-state index is -1.14. The van der Waals surface area contributed by atoms with Crippen molar-refractivity contribution in [2.24, 2.45) is 0 Å². The molecule has 0 aromatic carbocycles. The fraction of sp³-hybridized carbons (Fsp3) is 0.400. The number of nitrogens with zero attached hydrogens (tertiary/aromatic N) is 2. The monoisotopic (exact) mass is 238 g/mol. The number of nitrogens with one attached hydrogen (secondary N) is 1. The Kier molecular flexibility index (Phi) is 3.23. The predicted octanol–water partition coefficient (Wildman–Crippen LogP) is -0.683. The molecule has 2 heterocycles. The Morgan fingerprint density at radius 1 is 1.35 bits per heavy atom. The summed E-state index contributed by atoms with van der Waals surface area (Å²) >= 11 is 0. The van der Waals surface area contributed by atoms with Gasteiger partial charge in [-0.1, -0.05) is 0 Å². The maximum atomic E-state index is 9.94. The lowest BCUT2D eigenvalue weighted by molar-refractivity contribution is 0.00501. The zero-order valence-corrected chi connectivity index (χ0v) is 9.04. The van der Waals surface area contributed by atoms with E-state index in [9.17, 15) is 10.2 Å². The molecule has 2 aromatic rings. The van der Waals surface area contributed by atoms with Crippen LogP contribution in [0.1, 0.15) is 18.1 Å². The minimum absolute atomic E-state index is 0.0848. The number of hydrogen-bond acceptors (Lipinski definition) is 6. The van der Waals surface area contributed by atoms with Gasteiger partial charge in [0.1, 0.15) is 23.9 Å². The van der Waals surface area contributed by atoms with Crippen LogP contribution in [0.25, 0.3) is 11.0 Å². The molecule has 0 saturated heterocycles. The van der Waals surface area contributed by atoms with E-state index in [0.29, 0.717) is 16.6 Å². The van der Waals surface area contributed by atoms with Gasteiger partial charge in [0.2, 0.25) is 0 Å². The molecule has 2 rings (SSSR count). The van der Waals surface area contributed by atoms with Crippen molar-refractivity contribution in [2.45, 2.75) is 18.6 Å². The first kappa shape index (κ1) is 11.8. The van der Waals surface area contributed by atoms with Gasteiger partial charge in [-0.2, -0.15) is 0 Å². The molecule has 7 heteroatoms. The number of anilines is 1. The number of rotatable bonds is 4. The summed E-state index contributed by atoms with van der Waals surface area (Å²) in [4.78, 5) is 10.6. The Balaban J connectivity index is 2.42. The van der Waals surface area contributed by atoms with Crippen LogP contribution in [0.2, 0.25) is 0 Å². The largest absolute Gasteiger partial charge is 0.396 e. The summed E-state index contributed by atoms with van der Waals surface area (Å²) in [6.45, 7) is -0.202. The molecule has 0 aliphatic rings. The van der Waals surface area contributed by atoms with Crippen LogP contribution in [0, 0.1) is 0 Å². The van der Waals surface area contributed by atoms with E-state index in [1.165, 1.54) is 12.5 Å². The van der Waals surface area contributed by atoms with Gasteiger partial charge in [-0.3, -0.25) is 0 Å². The third kappa shape index (κ3) is 2.07. The minimum Gasteiger partial charge on any atom is -0.396 e. The van der Waals surface area contributed by atoms with E-state index in [0.717, 1.165) is 0 Å². The topological polar surface area (TPSA) is 128 Å². The number of aliphatic hydroxyl groups excluding tert-OH is 3. The molecule has 2 aromatic heterocycles. The Morgan fingerprint density at radius 2 is 2.12 bits per heavy atom. The van der Waals surface area contributed by atoms with Crippen LogP contribution in [0.4, 0.5) is 5.82 Å². The summed E-state index contributed by atoms with van der Waals surface area (Å²) in [5, 5.41) is 28.8. The van der Waals surface area contributed by atoms with Crippen molar-refractivity contribution in [2.75, 3.05) is 12.3 Å². The van der Waals surface area contributed by atoms with Gasteiger partial charge in [-0.05, 0) is 6.42 Å². The zero-order chi connectivity index (χ0) is 12.4. The van der Waals surface area contributed by atoms with E-state index in [1.54, 1.807) is 0 Å². The van der Waals surface area contributed by atoms with E-state index in [-0.39, 0.29) is 18.8 Å². The quantitative estimate of drug-likeness (QED) is 0.480. The van der Waals surface area contributed by atoms with Crippen LogP contribution in [0.15, 0.2) is 12.5 Å². The summed E-state index contributed by atoms with van der Waals surface area (Å²) in [7, 11) is 0. The highest BCUT2D eigenvalue weighted by Crippen LogP contribution is 2.28. The van der Waals surface area contributed by atoms with Crippen molar-refractivity contribution in [3.05, 3.63) is 18.1 Å². The molecule has 0 spiro atoms. The maximum Gasteiger partial charge on any atom is 0.143 e. The lowest BCUT2D eigenvalue weighted by Crippen LogP contribution is -2.19. The number of fused-ring (bicyclic) bond motifs is 1. The number of aliphatic hydroxyl groups is 3. The smallest absolute Gasteiger partial charge is 0.143 e. The third-order valence-corrected chi connectivity index (χ3v) is 2.64. The molecule has 0 radical (unpaired) electrons. The number of nitrogens with two attached hydrogens (primary N) is 1. The summed E-state index contributed by atoms with van der Waals surface area (Å²) in [5.41, 5.74) is 6.63. The lowest BCUT2D eigenvalue weighted by Gasteiger charge is -2.16. The van der Waals surface area contributed by atoms with Gasteiger partial charge < -0.3 is 26.0 Å². The van der Waals surface area contributed by atoms with E-state index in [1.807, 2.05) is 0 Å². The number of hydrogen-bond donors (Lipinski definition) is 5. The Hall–Kier alpha value is -1.70. The fourth-order valence-corrected chi connectivity index (χ4v) is 1.74. The van der Waals surface area contributed by atoms with Gasteiger partial charge in [0, 0.05) is 18.4 Å². The van der Waals surface area contributed by atoms with Gasteiger partial charge in [0.05, 0.1) is 11.5 Å². The van der Waals surface area contributed by atoms with Crippen LogP contribution in [0.5, 0.6) is 0 Å². The molecule has 92 valence electrons. The fourth-order valence-electron chi connectivity index (χ4n) is 1.74. The molecule has 6 N–H and O–H groups in total. The average Bonchev–Trinajstić information content (AvgIpc) is 2.73. The van der Waals surface area contributed by atoms with Gasteiger partial charge >= 0.3 is 0 Å². The van der Waals surface area contributed by atoms with Gasteiger partial charge in [0.15, 0.2) is 0 Å². The molecule has 0 fully saturated rings. The highest BCUT2D eigenvalue weighted by atomic mass is 16.3. The van der Waals surface area contributed by atoms with E-state index in [2.05, 4.69) is 15.0 Å². The summed E-state index contributed by atoms with van der Waals surface area (Å²) in [6, 6.07) is 0. The molecular weight excluding hydrogens is 224 g/mol. The van der Waals surface area contributed by atoms with Crippen LogP contribution in [-0.2, 0) is 0 Å². The summed E-state index contributed by atoms with van der Waals surface area (Å²) < 4.78 is 0. The normalized spacial score (nSPS) is 15.0. The zero-order valence-electron chi connectivity index (χ0n) is 9.04. The number of H-pyrrole nitrogens is 1. The Bertz CT molecular complexity index is 513. The molecule has 0 saturated carbocycles. The first-order valence-corrected chi connectivity index (χ1v) is 5.19. The van der Waals surface area contributed by atoms with Crippen LogP contribution in [0.3, 0.4) is 0 Å². The van der Waals surface area contributed by atoms with Crippen molar-refractivity contribution in [1.29, 1.82) is 0 Å². The highest BCUT2D eigenvalue weighted by Gasteiger charge is 2.22. The van der Waals surface area contributed by atoms with Crippen LogP contribution < -0.4 is 5.73 Å². The number of aromatic amines is 1. The molecule has 2 unspecified atom stereocenters. The Morgan fingerprint density at radius 3 is 2.82 bits per heavy atom. The lowest BCUT2D eigenvalue weighted by atomic mass is 10.0. The summed E-state index contributed by atoms with van der Waals surface area (Å²) in [6.07, 6.45) is 0.736. The van der Waals surface area contributed by atoms with Gasteiger partial charge in [0.25, 0.3) is 0 Å². The third-order valence-electron chi connectivity index (χ3n) is 2.64. The van der Waals surface area contributed by atoms with Crippen molar-refractivity contribution in [1.82, 2.24) is 15.0 Å². The predicted molar refractivity (Wildman–Crippen MR) is 61.0 cm³/mol. The van der Waals surface area contributed by atoms with Gasteiger partial charge in [-0.15, -0.1) is 0 Å². The Labute approximate surface area is 96.9 Å². The number of nitrogen functional groups attached to an aromatic ring is 1. The molecular formula is C10H14N4O3. The second-order valence-electron chi connectivity index (χ2n) is 3.75.